The molecule has 0 saturated carbocycles. The molecule has 8 nitrogen and oxygen atoms in total. The fourth-order valence-corrected chi connectivity index (χ4v) is 5.25. The molecule has 0 bridgehead atoms. The van der Waals surface area contributed by atoms with E-state index in [2.05, 4.69) is 51.4 Å². The molecule has 0 unspecified atom stereocenters. The van der Waals surface area contributed by atoms with E-state index in [0.717, 1.165) is 44.3 Å². The number of rotatable bonds is 9. The monoisotopic (exact) mass is 541 g/mol. The number of benzene rings is 3. The van der Waals surface area contributed by atoms with Crippen molar-refractivity contribution in [3.8, 4) is 16.8 Å². The summed E-state index contributed by atoms with van der Waals surface area (Å²) in [6.07, 6.45) is 1.79. The van der Waals surface area contributed by atoms with Gasteiger partial charge in [0, 0.05) is 65.8 Å². The zero-order valence-corrected chi connectivity index (χ0v) is 23.0. The van der Waals surface area contributed by atoms with Crippen LogP contribution in [0.2, 0.25) is 0 Å². The van der Waals surface area contributed by atoms with Gasteiger partial charge >= 0.3 is 0 Å². The Bertz CT molecular complexity index is 1680. The number of nitrogens with one attached hydrogen (secondary N) is 3. The molecule has 2 aromatic heterocycles. The van der Waals surface area contributed by atoms with Crippen LogP contribution in [0.25, 0.3) is 38.6 Å². The minimum atomic E-state index is -0.441. The zero-order chi connectivity index (χ0) is 28.4. The SMILES string of the molecule is COCC(C)(C)c1c(-c2ccc(C(=O)NCCNC(C)=O)cc2)c2cc3[nH]ncc3cc2n1-c1ccc(F)cc1. The van der Waals surface area contributed by atoms with Crippen molar-refractivity contribution in [2.24, 2.45) is 0 Å². The Balaban J connectivity index is 1.68. The van der Waals surface area contributed by atoms with Gasteiger partial charge in [-0.25, -0.2) is 4.39 Å². The van der Waals surface area contributed by atoms with Crippen molar-refractivity contribution < 1.29 is 18.7 Å². The summed E-state index contributed by atoms with van der Waals surface area (Å²) in [5.74, 6) is -0.663. The molecule has 0 fully saturated rings. The summed E-state index contributed by atoms with van der Waals surface area (Å²) in [6.45, 7) is 6.83. The number of halogens is 1. The van der Waals surface area contributed by atoms with E-state index in [0.29, 0.717) is 25.3 Å². The minimum Gasteiger partial charge on any atom is -0.384 e. The van der Waals surface area contributed by atoms with E-state index in [1.807, 2.05) is 12.1 Å². The van der Waals surface area contributed by atoms with Gasteiger partial charge in [0.05, 0.1) is 23.8 Å². The fourth-order valence-electron chi connectivity index (χ4n) is 5.25. The Morgan fingerprint density at radius 3 is 2.40 bits per heavy atom. The second kappa shape index (κ2) is 10.9. The third-order valence-electron chi connectivity index (χ3n) is 6.98. The molecule has 0 aliphatic carbocycles. The smallest absolute Gasteiger partial charge is 0.251 e. The van der Waals surface area contributed by atoms with Gasteiger partial charge in [-0.2, -0.15) is 5.10 Å². The van der Waals surface area contributed by atoms with Gasteiger partial charge in [0.25, 0.3) is 5.91 Å². The summed E-state index contributed by atoms with van der Waals surface area (Å²) in [5, 5.41) is 14.7. The molecule has 0 atom stereocenters. The molecule has 206 valence electrons. The quantitative estimate of drug-likeness (QED) is 0.226. The Kier molecular flexibility index (Phi) is 7.40. The van der Waals surface area contributed by atoms with Crippen LogP contribution < -0.4 is 10.6 Å². The van der Waals surface area contributed by atoms with Gasteiger partial charge < -0.3 is 19.9 Å². The van der Waals surface area contributed by atoms with Crippen LogP contribution in [-0.2, 0) is 14.9 Å². The van der Waals surface area contributed by atoms with Crippen LogP contribution in [0.1, 0.15) is 36.8 Å². The molecule has 2 amide bonds. The fraction of sp³-hybridized carbons (Fsp3) is 0.258. The molecular formula is C31H32FN5O3. The van der Waals surface area contributed by atoms with Crippen LogP contribution >= 0.6 is 0 Å². The molecule has 0 saturated heterocycles. The number of aromatic amines is 1. The van der Waals surface area contributed by atoms with Gasteiger partial charge in [0.15, 0.2) is 0 Å². The summed E-state index contributed by atoms with van der Waals surface area (Å²) in [7, 11) is 1.68. The maximum absolute atomic E-state index is 14.0. The van der Waals surface area contributed by atoms with Gasteiger partial charge in [-0.3, -0.25) is 14.7 Å². The zero-order valence-electron chi connectivity index (χ0n) is 23.0. The molecule has 3 aromatic carbocycles. The molecule has 0 aliphatic heterocycles. The second-order valence-corrected chi connectivity index (χ2v) is 10.5. The molecule has 9 heteroatoms. The molecule has 5 rings (SSSR count). The molecule has 3 N–H and O–H groups in total. The number of ether oxygens (including phenoxy) is 1. The Morgan fingerprint density at radius 1 is 1.02 bits per heavy atom. The molecule has 0 radical (unpaired) electrons. The summed E-state index contributed by atoms with van der Waals surface area (Å²) < 4.78 is 21.8. The van der Waals surface area contributed by atoms with Gasteiger partial charge in [-0.15, -0.1) is 0 Å². The summed E-state index contributed by atoms with van der Waals surface area (Å²) >= 11 is 0. The summed E-state index contributed by atoms with van der Waals surface area (Å²) in [5.41, 5.74) is 5.69. The largest absolute Gasteiger partial charge is 0.384 e. The minimum absolute atomic E-state index is 0.141. The number of aromatic nitrogens is 3. The van der Waals surface area contributed by atoms with Crippen LogP contribution in [0, 0.1) is 5.82 Å². The van der Waals surface area contributed by atoms with Crippen molar-refractivity contribution in [3.63, 3.8) is 0 Å². The van der Waals surface area contributed by atoms with Crippen LogP contribution in [0.4, 0.5) is 4.39 Å². The highest BCUT2D eigenvalue weighted by molar-refractivity contribution is 6.06. The predicted molar refractivity (Wildman–Crippen MR) is 154 cm³/mol. The van der Waals surface area contributed by atoms with E-state index >= 15 is 0 Å². The Labute approximate surface area is 231 Å². The lowest BCUT2D eigenvalue weighted by Gasteiger charge is -2.28. The van der Waals surface area contributed by atoms with E-state index in [4.69, 9.17) is 4.74 Å². The number of carbonyl (C=O) groups excluding carboxylic acids is 2. The van der Waals surface area contributed by atoms with Crippen LogP contribution in [0.5, 0.6) is 0 Å². The normalized spacial score (nSPS) is 11.7. The lowest BCUT2D eigenvalue weighted by molar-refractivity contribution is -0.118. The van der Waals surface area contributed by atoms with Crippen LogP contribution in [-0.4, -0.2) is 53.4 Å². The molecule has 0 spiro atoms. The number of methoxy groups -OCH3 is 1. The van der Waals surface area contributed by atoms with Crippen molar-refractivity contribution in [2.75, 3.05) is 26.8 Å². The highest BCUT2D eigenvalue weighted by Crippen LogP contribution is 2.44. The average Bonchev–Trinajstić information content (AvgIpc) is 3.52. The van der Waals surface area contributed by atoms with Crippen molar-refractivity contribution in [1.29, 1.82) is 0 Å². The van der Waals surface area contributed by atoms with E-state index in [-0.39, 0.29) is 17.6 Å². The molecule has 2 heterocycles. The van der Waals surface area contributed by atoms with Crippen molar-refractivity contribution in [1.82, 2.24) is 25.4 Å². The van der Waals surface area contributed by atoms with Crippen LogP contribution in [0.15, 0.2) is 66.9 Å². The summed E-state index contributed by atoms with van der Waals surface area (Å²) in [6, 6.07) is 18.1. The Hall–Kier alpha value is -4.50. The van der Waals surface area contributed by atoms with Gasteiger partial charge in [-0.05, 0) is 54.1 Å². The lowest BCUT2D eigenvalue weighted by Crippen LogP contribution is -2.33. The first-order valence-corrected chi connectivity index (χ1v) is 13.1. The highest BCUT2D eigenvalue weighted by atomic mass is 19.1. The van der Waals surface area contributed by atoms with Crippen molar-refractivity contribution >= 4 is 33.6 Å². The van der Waals surface area contributed by atoms with Crippen LogP contribution in [0.3, 0.4) is 0 Å². The first kappa shape index (κ1) is 27.1. The van der Waals surface area contributed by atoms with Crippen molar-refractivity contribution in [3.05, 3.63) is 83.9 Å². The van der Waals surface area contributed by atoms with Gasteiger partial charge in [0.1, 0.15) is 5.82 Å². The third kappa shape index (κ3) is 5.20. The predicted octanol–water partition coefficient (Wildman–Crippen LogP) is 5.10. The number of carbonyl (C=O) groups is 2. The number of hydrogen-bond acceptors (Lipinski definition) is 4. The number of H-pyrrole nitrogens is 1. The Morgan fingerprint density at radius 2 is 1.73 bits per heavy atom. The number of hydrogen-bond donors (Lipinski definition) is 3. The van der Waals surface area contributed by atoms with E-state index in [1.165, 1.54) is 19.1 Å². The first-order valence-electron chi connectivity index (χ1n) is 13.1. The van der Waals surface area contributed by atoms with E-state index in [1.54, 1.807) is 37.6 Å². The standard InChI is InChI=1S/C31H32FN5O3/c1-19(38)33-13-14-34-30(39)21-7-5-20(6-8-21)28-25-16-26-22(17-35-36-26)15-27(25)37(24-11-9-23(32)10-12-24)29(28)31(2,3)18-40-4/h5-12,15-17H,13-14,18H2,1-4H3,(H,33,38)(H,34,39)(H,35,36). The van der Waals surface area contributed by atoms with Crippen molar-refractivity contribution in [2.45, 2.75) is 26.2 Å². The number of nitrogens with zero attached hydrogens (tertiary/aromatic N) is 2. The van der Waals surface area contributed by atoms with E-state index in [9.17, 15) is 14.0 Å². The second-order valence-electron chi connectivity index (χ2n) is 10.5. The lowest BCUT2D eigenvalue weighted by atomic mass is 9.84. The molecular weight excluding hydrogens is 509 g/mol. The van der Waals surface area contributed by atoms with Gasteiger partial charge in [-0.1, -0.05) is 26.0 Å². The molecule has 0 aliphatic rings. The number of fused-ring (bicyclic) bond motifs is 2. The summed E-state index contributed by atoms with van der Waals surface area (Å²) in [4.78, 5) is 23.8. The first-order chi connectivity index (χ1) is 19.2. The maximum Gasteiger partial charge on any atom is 0.251 e. The highest BCUT2D eigenvalue weighted by Gasteiger charge is 2.32. The molecule has 40 heavy (non-hydrogen) atoms. The topological polar surface area (TPSA) is 101 Å². The number of amides is 2. The third-order valence-corrected chi connectivity index (χ3v) is 6.98. The maximum atomic E-state index is 14.0. The average molecular weight is 542 g/mol. The van der Waals surface area contributed by atoms with Gasteiger partial charge in [0.2, 0.25) is 5.91 Å². The molecule has 5 aromatic rings. The van der Waals surface area contributed by atoms with E-state index < -0.39 is 5.41 Å².